The molecule has 0 fully saturated rings. The highest BCUT2D eigenvalue weighted by atomic mass is 35.5. The van der Waals surface area contributed by atoms with Crippen LogP contribution in [-0.4, -0.2) is 5.91 Å². The number of rotatable bonds is 1. The average Bonchev–Trinajstić information content (AvgIpc) is 2.57. The van der Waals surface area contributed by atoms with Crippen molar-refractivity contribution in [3.63, 3.8) is 0 Å². The van der Waals surface area contributed by atoms with E-state index in [4.69, 9.17) is 17.1 Å². The van der Waals surface area contributed by atoms with Crippen LogP contribution in [0.4, 0.5) is 0 Å². The number of halogens is 1. The third-order valence-electron chi connectivity index (χ3n) is 1.86. The van der Waals surface area contributed by atoms with E-state index in [-0.39, 0.29) is 4.88 Å². The van der Waals surface area contributed by atoms with E-state index in [9.17, 15) is 4.79 Å². The highest BCUT2D eigenvalue weighted by Crippen LogP contribution is 2.35. The van der Waals surface area contributed by atoms with E-state index in [0.717, 1.165) is 10.1 Å². The number of carbonyl (C=O) groups is 1. The Kier molecular flexibility index (Phi) is 2.60. The molecule has 0 radical (unpaired) electrons. The summed E-state index contributed by atoms with van der Waals surface area (Å²) < 4.78 is 0.902. The molecule has 0 aliphatic heterocycles. The Morgan fingerprint density at radius 3 is 2.87 bits per heavy atom. The fraction of sp³-hybridized carbons (Fsp3) is 0. The molecule has 6 heteroatoms. The number of fused-ring (bicyclic) bond motifs is 1. The molecular formula is C9H4ClN3OS. The van der Waals surface area contributed by atoms with Crippen molar-refractivity contribution < 1.29 is 4.79 Å². The maximum absolute atomic E-state index is 11.3. The van der Waals surface area contributed by atoms with Gasteiger partial charge >= 0.3 is 0 Å². The zero-order chi connectivity index (χ0) is 10.8. The number of amides is 1. The van der Waals surface area contributed by atoms with Crippen molar-refractivity contribution >= 4 is 38.9 Å². The van der Waals surface area contributed by atoms with Gasteiger partial charge in [0.2, 0.25) is 0 Å². The Morgan fingerprint density at radius 2 is 2.20 bits per heavy atom. The van der Waals surface area contributed by atoms with Gasteiger partial charge in [-0.1, -0.05) is 29.8 Å². The Labute approximate surface area is 93.7 Å². The smallest absolute Gasteiger partial charge is 0.260 e. The van der Waals surface area contributed by atoms with Crippen molar-refractivity contribution in [3.05, 3.63) is 44.6 Å². The molecule has 0 aliphatic carbocycles. The second-order valence-corrected chi connectivity index (χ2v) is 4.17. The lowest BCUT2D eigenvalue weighted by Crippen LogP contribution is -1.88. The van der Waals surface area contributed by atoms with Crippen LogP contribution < -0.4 is 0 Å². The lowest BCUT2D eigenvalue weighted by molar-refractivity contribution is 0.100. The summed E-state index contributed by atoms with van der Waals surface area (Å²) in [6, 6.07) is 7.37. The van der Waals surface area contributed by atoms with Crippen LogP contribution >= 0.6 is 22.9 Å². The zero-order valence-electron chi connectivity index (χ0n) is 7.35. The van der Waals surface area contributed by atoms with Crippen LogP contribution in [0.3, 0.4) is 0 Å². The number of benzene rings is 1. The molecule has 0 spiro atoms. The van der Waals surface area contributed by atoms with Crippen LogP contribution in [0.5, 0.6) is 0 Å². The van der Waals surface area contributed by atoms with Crippen LogP contribution in [0.15, 0.2) is 29.4 Å². The predicted octanol–water partition coefficient (Wildman–Crippen LogP) is 4.01. The normalized spacial score (nSPS) is 9.93. The van der Waals surface area contributed by atoms with E-state index >= 15 is 0 Å². The lowest BCUT2D eigenvalue weighted by Gasteiger charge is -1.88. The summed E-state index contributed by atoms with van der Waals surface area (Å²) in [6.45, 7) is 0. The summed E-state index contributed by atoms with van der Waals surface area (Å²) in [5.41, 5.74) is 8.16. The maximum atomic E-state index is 11.3. The van der Waals surface area contributed by atoms with Gasteiger partial charge in [0.25, 0.3) is 5.91 Å². The molecule has 0 saturated carbocycles. The van der Waals surface area contributed by atoms with Gasteiger partial charge in [0.05, 0.1) is 9.90 Å². The number of azide groups is 1. The first-order chi connectivity index (χ1) is 7.24. The van der Waals surface area contributed by atoms with Gasteiger partial charge in [0, 0.05) is 15.0 Å². The lowest BCUT2D eigenvalue weighted by atomic mass is 10.2. The third kappa shape index (κ3) is 1.68. The van der Waals surface area contributed by atoms with Crippen molar-refractivity contribution in [2.75, 3.05) is 0 Å². The fourth-order valence-electron chi connectivity index (χ4n) is 1.24. The van der Waals surface area contributed by atoms with Crippen LogP contribution in [0.2, 0.25) is 5.02 Å². The van der Waals surface area contributed by atoms with E-state index in [0.29, 0.717) is 5.02 Å². The molecule has 0 aliphatic rings. The maximum Gasteiger partial charge on any atom is 0.260 e. The molecule has 0 saturated heterocycles. The van der Waals surface area contributed by atoms with Crippen molar-refractivity contribution in [2.45, 2.75) is 0 Å². The molecule has 0 N–H and O–H groups in total. The Balaban J connectivity index is 2.68. The average molecular weight is 238 g/mol. The largest absolute Gasteiger partial charge is 0.286 e. The first-order valence-electron chi connectivity index (χ1n) is 4.00. The number of thiophene rings is 1. The molecule has 2 aromatic rings. The minimum Gasteiger partial charge on any atom is -0.286 e. The predicted molar refractivity (Wildman–Crippen MR) is 60.3 cm³/mol. The summed E-state index contributed by atoms with van der Waals surface area (Å²) in [7, 11) is 0. The second kappa shape index (κ2) is 3.90. The van der Waals surface area contributed by atoms with Crippen LogP contribution in [0, 0.1) is 0 Å². The minimum atomic E-state index is -0.635. The van der Waals surface area contributed by atoms with Gasteiger partial charge in [-0.15, -0.1) is 11.3 Å². The molecule has 0 unspecified atom stereocenters. The van der Waals surface area contributed by atoms with Crippen molar-refractivity contribution in [1.82, 2.24) is 0 Å². The molecular weight excluding hydrogens is 234 g/mol. The first kappa shape index (κ1) is 9.98. The van der Waals surface area contributed by atoms with Crippen LogP contribution in [-0.2, 0) is 0 Å². The van der Waals surface area contributed by atoms with Gasteiger partial charge in [-0.2, -0.15) is 0 Å². The fourth-order valence-corrected chi connectivity index (χ4v) is 2.63. The Bertz CT molecular complexity index is 586. The molecule has 74 valence electrons. The number of hydrogen-bond donors (Lipinski definition) is 0. The van der Waals surface area contributed by atoms with Gasteiger partial charge in [-0.25, -0.2) is 0 Å². The summed E-state index contributed by atoms with van der Waals surface area (Å²) in [5.74, 6) is -0.635. The van der Waals surface area contributed by atoms with Gasteiger partial charge in [-0.05, 0) is 16.7 Å². The quantitative estimate of drug-likeness (QED) is 0.420. The SMILES string of the molecule is [N-]=[N+]=NC(=O)c1sc2ccccc2c1Cl. The van der Waals surface area contributed by atoms with Gasteiger partial charge in [-0.3, -0.25) is 4.79 Å². The second-order valence-electron chi connectivity index (χ2n) is 2.74. The minimum absolute atomic E-state index is 0.288. The molecule has 0 bridgehead atoms. The number of carbonyl (C=O) groups excluding carboxylic acids is 1. The van der Waals surface area contributed by atoms with E-state index in [1.165, 1.54) is 11.3 Å². The molecule has 0 atom stereocenters. The van der Waals surface area contributed by atoms with Crippen molar-refractivity contribution in [2.24, 2.45) is 5.11 Å². The zero-order valence-corrected chi connectivity index (χ0v) is 8.92. The molecule has 1 aromatic heterocycles. The number of hydrogen-bond acceptors (Lipinski definition) is 2. The summed E-state index contributed by atoms with van der Waals surface area (Å²) in [4.78, 5) is 14.1. The van der Waals surface area contributed by atoms with Crippen LogP contribution in [0.1, 0.15) is 9.67 Å². The van der Waals surface area contributed by atoms with E-state index in [1.807, 2.05) is 24.3 Å². The molecule has 1 amide bonds. The Morgan fingerprint density at radius 1 is 1.47 bits per heavy atom. The Hall–Kier alpha value is -1.55. The summed E-state index contributed by atoms with van der Waals surface area (Å²) in [5, 5.41) is 4.18. The highest BCUT2D eigenvalue weighted by Gasteiger charge is 2.15. The molecule has 1 aromatic carbocycles. The van der Waals surface area contributed by atoms with Crippen molar-refractivity contribution in [1.29, 1.82) is 0 Å². The first-order valence-corrected chi connectivity index (χ1v) is 5.20. The third-order valence-corrected chi connectivity index (χ3v) is 3.53. The van der Waals surface area contributed by atoms with Crippen molar-refractivity contribution in [3.8, 4) is 0 Å². The highest BCUT2D eigenvalue weighted by molar-refractivity contribution is 7.21. The standard InChI is InChI=1S/C9H4ClN3OS/c10-7-5-3-1-2-4-6(5)15-8(7)9(14)12-13-11/h1-4H. The number of nitrogens with zero attached hydrogens (tertiary/aromatic N) is 3. The van der Waals surface area contributed by atoms with E-state index in [2.05, 4.69) is 10.0 Å². The molecule has 2 rings (SSSR count). The topological polar surface area (TPSA) is 65.8 Å². The van der Waals surface area contributed by atoms with E-state index in [1.54, 1.807) is 0 Å². The monoisotopic (exact) mass is 237 g/mol. The van der Waals surface area contributed by atoms with Gasteiger partial charge < -0.3 is 0 Å². The van der Waals surface area contributed by atoms with E-state index < -0.39 is 5.91 Å². The summed E-state index contributed by atoms with van der Waals surface area (Å²) >= 11 is 7.22. The molecule has 15 heavy (non-hydrogen) atoms. The van der Waals surface area contributed by atoms with Gasteiger partial charge in [0.1, 0.15) is 0 Å². The molecule has 1 heterocycles. The van der Waals surface area contributed by atoms with Gasteiger partial charge in [0.15, 0.2) is 0 Å². The summed E-state index contributed by atoms with van der Waals surface area (Å²) in [6.07, 6.45) is 0. The van der Waals surface area contributed by atoms with Crippen LogP contribution in [0.25, 0.3) is 20.5 Å². The molecule has 4 nitrogen and oxygen atoms in total.